The van der Waals surface area contributed by atoms with Gasteiger partial charge in [-0.25, -0.2) is 0 Å². The van der Waals surface area contributed by atoms with Gasteiger partial charge < -0.3 is 10.4 Å². The molecule has 1 unspecified atom stereocenters. The fourth-order valence-electron chi connectivity index (χ4n) is 2.47. The molecule has 1 atom stereocenters. The molecular weight excluding hydrogens is 248 g/mol. The van der Waals surface area contributed by atoms with Crippen molar-refractivity contribution in [2.24, 2.45) is 0 Å². The third-order valence-corrected chi connectivity index (χ3v) is 3.58. The summed E-state index contributed by atoms with van der Waals surface area (Å²) in [6, 6.07) is 10.1. The molecule has 3 heteroatoms. The number of hydrogen-bond donors (Lipinski definition) is 2. The van der Waals surface area contributed by atoms with Gasteiger partial charge in [-0.15, -0.1) is 0 Å². The van der Waals surface area contributed by atoms with E-state index in [9.17, 15) is 5.11 Å². The Kier molecular flexibility index (Phi) is 5.10. The van der Waals surface area contributed by atoms with E-state index >= 15 is 0 Å². The van der Waals surface area contributed by atoms with E-state index in [0.717, 1.165) is 42.4 Å². The number of rotatable bonds is 7. The quantitative estimate of drug-likeness (QED) is 0.762. The zero-order chi connectivity index (χ0) is 14.4. The van der Waals surface area contributed by atoms with Gasteiger partial charge in [-0.3, -0.25) is 4.98 Å². The summed E-state index contributed by atoms with van der Waals surface area (Å²) < 4.78 is 0. The lowest BCUT2D eigenvalue weighted by Gasteiger charge is -2.24. The molecule has 0 radical (unpaired) electrons. The number of pyridine rings is 1. The summed E-state index contributed by atoms with van der Waals surface area (Å²) in [7, 11) is 0. The molecule has 0 amide bonds. The van der Waals surface area contributed by atoms with Crippen LogP contribution >= 0.6 is 0 Å². The maximum Gasteiger partial charge on any atom is 0.0704 e. The van der Waals surface area contributed by atoms with Crippen molar-refractivity contribution in [3.8, 4) is 0 Å². The van der Waals surface area contributed by atoms with Gasteiger partial charge in [0.05, 0.1) is 11.1 Å². The molecule has 0 saturated heterocycles. The van der Waals surface area contributed by atoms with Crippen LogP contribution in [0.2, 0.25) is 0 Å². The number of fused-ring (bicyclic) bond motifs is 1. The minimum atomic E-state index is -0.690. The first-order valence-electron chi connectivity index (χ1n) is 7.38. The molecule has 2 rings (SSSR count). The van der Waals surface area contributed by atoms with E-state index in [1.807, 2.05) is 37.4 Å². The minimum Gasteiger partial charge on any atom is -0.390 e. The molecule has 1 heterocycles. The second-order valence-electron chi connectivity index (χ2n) is 5.66. The van der Waals surface area contributed by atoms with Crippen LogP contribution in [-0.2, 0) is 6.42 Å². The van der Waals surface area contributed by atoms with Crippen LogP contribution in [0.25, 0.3) is 10.9 Å². The summed E-state index contributed by atoms with van der Waals surface area (Å²) in [5.74, 6) is 0. The van der Waals surface area contributed by atoms with E-state index in [1.165, 1.54) is 0 Å². The van der Waals surface area contributed by atoms with Crippen molar-refractivity contribution in [2.45, 2.75) is 38.7 Å². The fraction of sp³-hybridized carbons (Fsp3) is 0.471. The second kappa shape index (κ2) is 6.82. The maximum atomic E-state index is 10.6. The van der Waals surface area contributed by atoms with E-state index in [0.29, 0.717) is 6.42 Å². The number of nitrogens with zero attached hydrogens (tertiary/aromatic N) is 1. The molecule has 0 spiro atoms. The normalized spacial score (nSPS) is 14.3. The zero-order valence-corrected chi connectivity index (χ0v) is 12.4. The Morgan fingerprint density at radius 2 is 2.00 bits per heavy atom. The molecule has 0 saturated carbocycles. The first kappa shape index (κ1) is 14.9. The summed E-state index contributed by atoms with van der Waals surface area (Å²) in [5.41, 5.74) is 1.46. The van der Waals surface area contributed by atoms with Crippen molar-refractivity contribution in [3.63, 3.8) is 0 Å². The lowest BCUT2D eigenvalue weighted by molar-refractivity contribution is 0.0519. The van der Waals surface area contributed by atoms with Crippen molar-refractivity contribution in [2.75, 3.05) is 13.1 Å². The largest absolute Gasteiger partial charge is 0.390 e. The molecule has 0 aliphatic heterocycles. The number of benzene rings is 1. The summed E-state index contributed by atoms with van der Waals surface area (Å²) in [4.78, 5) is 4.36. The van der Waals surface area contributed by atoms with Crippen LogP contribution in [0.4, 0.5) is 0 Å². The van der Waals surface area contributed by atoms with Gasteiger partial charge in [-0.2, -0.15) is 0 Å². The maximum absolute atomic E-state index is 10.6. The highest BCUT2D eigenvalue weighted by molar-refractivity contribution is 5.81. The Morgan fingerprint density at radius 1 is 1.20 bits per heavy atom. The molecule has 1 aromatic carbocycles. The molecule has 0 bridgehead atoms. The Labute approximate surface area is 121 Å². The van der Waals surface area contributed by atoms with Crippen LogP contribution in [0.15, 0.2) is 36.5 Å². The first-order valence-corrected chi connectivity index (χ1v) is 7.38. The fourth-order valence-corrected chi connectivity index (χ4v) is 2.47. The third-order valence-electron chi connectivity index (χ3n) is 3.58. The van der Waals surface area contributed by atoms with Gasteiger partial charge >= 0.3 is 0 Å². The molecule has 20 heavy (non-hydrogen) atoms. The zero-order valence-electron chi connectivity index (χ0n) is 12.4. The summed E-state index contributed by atoms with van der Waals surface area (Å²) in [5, 5.41) is 15.0. The molecular formula is C17H24N2O. The van der Waals surface area contributed by atoms with Gasteiger partial charge in [0.2, 0.25) is 0 Å². The van der Waals surface area contributed by atoms with E-state index in [2.05, 4.69) is 23.3 Å². The number of aliphatic hydroxyl groups is 1. The monoisotopic (exact) mass is 272 g/mol. The van der Waals surface area contributed by atoms with Crippen LogP contribution in [0.5, 0.6) is 0 Å². The molecule has 0 aliphatic rings. The Morgan fingerprint density at radius 3 is 2.80 bits per heavy atom. The van der Waals surface area contributed by atoms with Crippen LogP contribution in [0, 0.1) is 0 Å². The lowest BCUT2D eigenvalue weighted by atomic mass is 9.91. The van der Waals surface area contributed by atoms with Crippen molar-refractivity contribution in [1.82, 2.24) is 10.3 Å². The smallest absolute Gasteiger partial charge is 0.0704 e. The van der Waals surface area contributed by atoms with Gasteiger partial charge in [0, 0.05) is 18.0 Å². The number of nitrogens with one attached hydrogen (secondary N) is 1. The van der Waals surface area contributed by atoms with Crippen molar-refractivity contribution in [3.05, 3.63) is 42.1 Å². The number of hydrogen-bond acceptors (Lipinski definition) is 3. The molecule has 2 aromatic rings. The van der Waals surface area contributed by atoms with Crippen LogP contribution in [0.1, 0.15) is 32.3 Å². The van der Waals surface area contributed by atoms with E-state index in [1.54, 1.807) is 0 Å². The van der Waals surface area contributed by atoms with Gasteiger partial charge in [0.15, 0.2) is 0 Å². The molecule has 0 aliphatic carbocycles. The minimum absolute atomic E-state index is 0.657. The van der Waals surface area contributed by atoms with Crippen LogP contribution in [-0.4, -0.2) is 28.8 Å². The predicted octanol–water partition coefficient (Wildman–Crippen LogP) is 2.92. The lowest BCUT2D eigenvalue weighted by Crippen LogP contribution is -2.32. The van der Waals surface area contributed by atoms with Crippen LogP contribution < -0.4 is 5.32 Å². The van der Waals surface area contributed by atoms with E-state index in [-0.39, 0.29) is 0 Å². The number of aromatic nitrogens is 1. The van der Waals surface area contributed by atoms with Crippen LogP contribution in [0.3, 0.4) is 0 Å². The second-order valence-corrected chi connectivity index (χ2v) is 5.66. The highest BCUT2D eigenvalue weighted by Gasteiger charge is 2.21. The SMILES string of the molecule is CCCNCCC(C)(O)Cc1ccnc2ccccc12. The van der Waals surface area contributed by atoms with Gasteiger partial charge in [0.1, 0.15) is 0 Å². The van der Waals surface area contributed by atoms with E-state index < -0.39 is 5.60 Å². The average molecular weight is 272 g/mol. The first-order chi connectivity index (χ1) is 9.62. The summed E-state index contributed by atoms with van der Waals surface area (Å²) in [6.45, 7) is 5.92. The van der Waals surface area contributed by atoms with Crippen molar-refractivity contribution in [1.29, 1.82) is 0 Å². The Hall–Kier alpha value is -1.45. The predicted molar refractivity (Wildman–Crippen MR) is 83.8 cm³/mol. The molecule has 3 nitrogen and oxygen atoms in total. The van der Waals surface area contributed by atoms with Gasteiger partial charge in [0.25, 0.3) is 0 Å². The summed E-state index contributed by atoms with van der Waals surface area (Å²) >= 11 is 0. The number of para-hydroxylation sites is 1. The summed E-state index contributed by atoms with van der Waals surface area (Å²) in [6.07, 6.45) is 4.35. The topological polar surface area (TPSA) is 45.1 Å². The average Bonchev–Trinajstić information content (AvgIpc) is 2.44. The highest BCUT2D eigenvalue weighted by Crippen LogP contribution is 2.22. The molecule has 1 aromatic heterocycles. The van der Waals surface area contributed by atoms with Gasteiger partial charge in [-0.05, 0) is 50.6 Å². The molecule has 0 fully saturated rings. The molecule has 108 valence electrons. The highest BCUT2D eigenvalue weighted by atomic mass is 16.3. The van der Waals surface area contributed by atoms with E-state index in [4.69, 9.17) is 0 Å². The Bertz CT molecular complexity index is 546. The third kappa shape index (κ3) is 4.02. The standard InChI is InChI=1S/C17H24N2O/c1-3-10-18-12-9-17(2,20)13-14-8-11-19-16-7-5-4-6-15(14)16/h4-8,11,18,20H,3,9-10,12-13H2,1-2H3. The Balaban J connectivity index is 2.07. The van der Waals surface area contributed by atoms with Gasteiger partial charge in [-0.1, -0.05) is 25.1 Å². The molecule has 2 N–H and O–H groups in total. The van der Waals surface area contributed by atoms with Crippen molar-refractivity contribution >= 4 is 10.9 Å². The van der Waals surface area contributed by atoms with Crippen molar-refractivity contribution < 1.29 is 5.11 Å².